The number of aromatic nitrogens is 3. The number of para-hydroxylation sites is 4. The summed E-state index contributed by atoms with van der Waals surface area (Å²) < 4.78 is 7.58. The van der Waals surface area contributed by atoms with Gasteiger partial charge < -0.3 is 13.7 Å². The molecule has 0 saturated heterocycles. The summed E-state index contributed by atoms with van der Waals surface area (Å²) in [7, 11) is -3.12. The Hall–Kier alpha value is -8.96. The van der Waals surface area contributed by atoms with E-state index < -0.39 is 8.07 Å². The molecule has 3 heterocycles. The van der Waals surface area contributed by atoms with E-state index in [2.05, 4.69) is 287 Å². The van der Waals surface area contributed by atoms with Gasteiger partial charge in [-0.2, -0.15) is 0 Å². The van der Waals surface area contributed by atoms with E-state index >= 15 is 0 Å². The van der Waals surface area contributed by atoms with E-state index in [0.717, 1.165) is 22.6 Å². The SMILES string of the molecule is c1ccc(-c2ccc(-n3c4ccccc4c4ccc(-n5c6ccccc6c6c(-n7c8ccccc8c8ccccc87)ccc([Si](c7ccccc7)(c7ccccc7)c7ccccc7)c65)cc43)cc2)cc1. The molecule has 0 radical (unpaired) electrons. The minimum Gasteiger partial charge on any atom is -0.309 e. The highest BCUT2D eigenvalue weighted by Crippen LogP contribution is 2.42. The Morgan fingerprint density at radius 1 is 0.257 bits per heavy atom. The molecule has 11 aromatic carbocycles. The maximum atomic E-state index is 2.61. The second-order valence-electron chi connectivity index (χ2n) is 18.4. The van der Waals surface area contributed by atoms with Crippen LogP contribution in [0.2, 0.25) is 0 Å². The van der Waals surface area contributed by atoms with E-state index in [1.807, 2.05) is 0 Å². The largest absolute Gasteiger partial charge is 0.309 e. The smallest absolute Gasteiger partial charge is 0.181 e. The summed E-state index contributed by atoms with van der Waals surface area (Å²) >= 11 is 0. The van der Waals surface area contributed by atoms with Gasteiger partial charge in [-0.25, -0.2) is 0 Å². The Labute approximate surface area is 407 Å². The van der Waals surface area contributed by atoms with Crippen molar-refractivity contribution in [3.05, 3.63) is 273 Å². The third kappa shape index (κ3) is 5.94. The molecule has 0 atom stereocenters. The summed E-state index contributed by atoms with van der Waals surface area (Å²) in [5, 5.41) is 12.7. The molecule has 3 aromatic heterocycles. The Morgan fingerprint density at radius 2 is 0.657 bits per heavy atom. The van der Waals surface area contributed by atoms with Crippen molar-refractivity contribution in [1.29, 1.82) is 0 Å². The summed E-state index contributed by atoms with van der Waals surface area (Å²) in [6.45, 7) is 0. The van der Waals surface area contributed by atoms with Gasteiger partial charge in [0.2, 0.25) is 0 Å². The van der Waals surface area contributed by atoms with Gasteiger partial charge in [-0.05, 0) is 86.5 Å². The van der Waals surface area contributed by atoms with Crippen LogP contribution in [0.25, 0.3) is 93.6 Å². The molecule has 3 nitrogen and oxygen atoms in total. The second-order valence-corrected chi connectivity index (χ2v) is 22.2. The molecule has 70 heavy (non-hydrogen) atoms. The molecule has 14 aromatic rings. The highest BCUT2D eigenvalue weighted by atomic mass is 28.3. The zero-order valence-electron chi connectivity index (χ0n) is 38.3. The van der Waals surface area contributed by atoms with E-state index in [-0.39, 0.29) is 0 Å². The van der Waals surface area contributed by atoms with Gasteiger partial charge in [0.15, 0.2) is 8.07 Å². The molecule has 0 saturated carbocycles. The summed E-state index contributed by atoms with van der Waals surface area (Å²) in [6, 6.07) is 102. The normalized spacial score (nSPS) is 12.0. The molecule has 328 valence electrons. The molecular weight excluding hydrogens is 863 g/mol. The van der Waals surface area contributed by atoms with Crippen LogP contribution in [0, 0.1) is 0 Å². The third-order valence-electron chi connectivity index (χ3n) is 14.8. The van der Waals surface area contributed by atoms with Crippen LogP contribution in [-0.4, -0.2) is 21.8 Å². The first-order valence-corrected chi connectivity index (χ1v) is 26.2. The van der Waals surface area contributed by atoms with Crippen LogP contribution in [0.3, 0.4) is 0 Å². The Bertz CT molecular complexity index is 4110. The maximum Gasteiger partial charge on any atom is 0.181 e. The van der Waals surface area contributed by atoms with Crippen LogP contribution >= 0.6 is 0 Å². The molecule has 0 aliphatic heterocycles. The molecule has 0 amide bonds. The molecule has 0 fully saturated rings. The van der Waals surface area contributed by atoms with E-state index in [0.29, 0.717) is 0 Å². The molecule has 0 bridgehead atoms. The number of hydrogen-bond acceptors (Lipinski definition) is 0. The lowest BCUT2D eigenvalue weighted by atomic mass is 10.1. The topological polar surface area (TPSA) is 14.8 Å². The van der Waals surface area contributed by atoms with Crippen molar-refractivity contribution >= 4 is 94.2 Å². The quantitative estimate of drug-likeness (QED) is 0.107. The van der Waals surface area contributed by atoms with Crippen molar-refractivity contribution in [3.8, 4) is 28.2 Å². The highest BCUT2D eigenvalue weighted by molar-refractivity contribution is 7.20. The molecule has 0 unspecified atom stereocenters. The number of benzene rings is 11. The number of fused-ring (bicyclic) bond motifs is 9. The Balaban J connectivity index is 1.15. The minimum absolute atomic E-state index is 1.11. The summed E-state index contributed by atoms with van der Waals surface area (Å²) in [4.78, 5) is 0. The van der Waals surface area contributed by atoms with Gasteiger partial charge in [0.05, 0.1) is 38.8 Å². The van der Waals surface area contributed by atoms with Crippen molar-refractivity contribution in [3.63, 3.8) is 0 Å². The van der Waals surface area contributed by atoms with Crippen LogP contribution in [0.4, 0.5) is 0 Å². The van der Waals surface area contributed by atoms with E-state index in [9.17, 15) is 0 Å². The minimum atomic E-state index is -3.12. The molecular formula is C66H45N3Si. The van der Waals surface area contributed by atoms with Gasteiger partial charge >= 0.3 is 0 Å². The molecule has 14 rings (SSSR count). The first-order chi connectivity index (χ1) is 34.8. The third-order valence-corrected chi connectivity index (χ3v) is 19.6. The lowest BCUT2D eigenvalue weighted by molar-refractivity contribution is 1.15. The number of rotatable bonds is 8. The van der Waals surface area contributed by atoms with Crippen molar-refractivity contribution in [2.45, 2.75) is 0 Å². The van der Waals surface area contributed by atoms with Crippen LogP contribution in [0.1, 0.15) is 0 Å². The van der Waals surface area contributed by atoms with Crippen molar-refractivity contribution < 1.29 is 0 Å². The van der Waals surface area contributed by atoms with Crippen LogP contribution in [0.5, 0.6) is 0 Å². The Morgan fingerprint density at radius 3 is 1.19 bits per heavy atom. The average Bonchev–Trinajstić information content (AvgIpc) is 4.09. The first-order valence-electron chi connectivity index (χ1n) is 24.2. The van der Waals surface area contributed by atoms with Gasteiger partial charge in [-0.15, -0.1) is 0 Å². The number of nitrogens with zero attached hydrogens (tertiary/aromatic N) is 3. The van der Waals surface area contributed by atoms with Crippen molar-refractivity contribution in [2.75, 3.05) is 0 Å². The summed E-state index contributed by atoms with van der Waals surface area (Å²) in [5.74, 6) is 0. The van der Waals surface area contributed by atoms with Gasteiger partial charge in [0.25, 0.3) is 0 Å². The Kier molecular flexibility index (Phi) is 9.23. The fourth-order valence-corrected chi connectivity index (χ4v) is 16.8. The molecule has 0 aliphatic carbocycles. The van der Waals surface area contributed by atoms with Crippen molar-refractivity contribution in [1.82, 2.24) is 13.7 Å². The molecule has 4 heteroatoms. The standard InChI is InChI=1S/C66H45N3Si/c1-5-21-46(22-6-1)47-37-39-48(40-38-47)67-58-33-17-13-31-55(58)56-42-41-49(45-63(56)67)68-61-36-20-16-32-57(61)65-62(69-59-34-18-14-29-53(59)54-30-15-19-35-60(54)69)43-44-64(66(65)68)70(50-23-7-2-8-24-50,51-25-9-3-10-26-51)52-27-11-4-12-28-52/h1-45H. The maximum absolute atomic E-state index is 3.12. The van der Waals surface area contributed by atoms with Crippen LogP contribution in [0.15, 0.2) is 273 Å². The van der Waals surface area contributed by atoms with Gasteiger partial charge in [-0.3, -0.25) is 0 Å². The van der Waals surface area contributed by atoms with Gasteiger partial charge in [-0.1, -0.05) is 218 Å². The number of hydrogen-bond donors (Lipinski definition) is 0. The fourth-order valence-electron chi connectivity index (χ4n) is 11.9. The van der Waals surface area contributed by atoms with Crippen LogP contribution < -0.4 is 20.7 Å². The van der Waals surface area contributed by atoms with E-state index in [1.165, 1.54) is 91.8 Å². The van der Waals surface area contributed by atoms with Crippen LogP contribution in [-0.2, 0) is 0 Å². The fraction of sp³-hybridized carbons (Fsp3) is 0. The zero-order chi connectivity index (χ0) is 46.2. The highest BCUT2D eigenvalue weighted by Gasteiger charge is 2.44. The predicted octanol–water partition coefficient (Wildman–Crippen LogP) is 14.0. The van der Waals surface area contributed by atoms with Gasteiger partial charge in [0.1, 0.15) is 0 Å². The predicted molar refractivity (Wildman–Crippen MR) is 299 cm³/mol. The molecule has 0 N–H and O–H groups in total. The lowest BCUT2D eigenvalue weighted by Crippen LogP contribution is -2.75. The monoisotopic (exact) mass is 907 g/mol. The second kappa shape index (κ2) is 16.1. The zero-order valence-corrected chi connectivity index (χ0v) is 39.3. The van der Waals surface area contributed by atoms with Crippen molar-refractivity contribution in [2.24, 2.45) is 0 Å². The molecule has 0 spiro atoms. The first kappa shape index (κ1) is 40.1. The van der Waals surface area contributed by atoms with Gasteiger partial charge in [0, 0.05) is 43.7 Å². The summed E-state index contributed by atoms with van der Waals surface area (Å²) in [5.41, 5.74) is 12.9. The van der Waals surface area contributed by atoms with E-state index in [1.54, 1.807) is 0 Å². The summed E-state index contributed by atoms with van der Waals surface area (Å²) in [6.07, 6.45) is 0. The van der Waals surface area contributed by atoms with E-state index in [4.69, 9.17) is 0 Å². The lowest BCUT2D eigenvalue weighted by Gasteiger charge is -2.35. The molecule has 0 aliphatic rings. The average molecular weight is 908 g/mol.